The maximum atomic E-state index is 11.4. The molecule has 1 fully saturated rings. The second kappa shape index (κ2) is 9.14. The molecule has 1 aliphatic rings. The molecule has 0 unspecified atom stereocenters. The van der Waals surface area contributed by atoms with E-state index in [-0.39, 0.29) is 12.3 Å². The first-order chi connectivity index (χ1) is 12.7. The van der Waals surface area contributed by atoms with Crippen molar-refractivity contribution < 1.29 is 4.79 Å². The number of hydrogen-bond donors (Lipinski definition) is 1. The Balaban J connectivity index is 1.44. The van der Waals surface area contributed by atoms with E-state index in [9.17, 15) is 4.79 Å². The third-order valence-corrected chi connectivity index (χ3v) is 4.60. The van der Waals surface area contributed by atoms with Crippen LogP contribution >= 0.6 is 0 Å². The van der Waals surface area contributed by atoms with Crippen molar-refractivity contribution in [3.8, 4) is 6.07 Å². The summed E-state index contributed by atoms with van der Waals surface area (Å²) >= 11 is 0. The predicted molar refractivity (Wildman–Crippen MR) is 102 cm³/mol. The number of piperazine rings is 1. The summed E-state index contributed by atoms with van der Waals surface area (Å²) in [4.78, 5) is 16.4. The molecule has 0 bridgehead atoms. The van der Waals surface area contributed by atoms with Crippen LogP contribution in [0.3, 0.4) is 0 Å². The lowest BCUT2D eigenvalue weighted by molar-refractivity contribution is -0.115. The highest BCUT2D eigenvalue weighted by atomic mass is 16.1. The number of nitriles is 1. The van der Waals surface area contributed by atoms with Crippen molar-refractivity contribution in [3.63, 3.8) is 0 Å². The van der Waals surface area contributed by atoms with Gasteiger partial charge < -0.3 is 5.32 Å². The second-order valence-corrected chi connectivity index (χ2v) is 6.62. The fourth-order valence-corrected chi connectivity index (χ4v) is 3.18. The average molecular weight is 348 g/mol. The minimum absolute atomic E-state index is 0.116. The molecule has 2 aromatic rings. The first-order valence-electron chi connectivity index (χ1n) is 8.97. The number of carbonyl (C=O) groups is 1. The van der Waals surface area contributed by atoms with E-state index in [4.69, 9.17) is 5.26 Å². The van der Waals surface area contributed by atoms with Gasteiger partial charge in [-0.15, -0.1) is 0 Å². The van der Waals surface area contributed by atoms with Crippen LogP contribution in [0, 0.1) is 11.3 Å². The van der Waals surface area contributed by atoms with E-state index in [0.29, 0.717) is 0 Å². The SMILES string of the molecule is N#CCC(=O)Nc1ccc(CN2CCN(Cc3ccccc3)CC2)cc1. The van der Waals surface area contributed by atoms with Crippen molar-refractivity contribution in [3.05, 3.63) is 65.7 Å². The van der Waals surface area contributed by atoms with E-state index < -0.39 is 0 Å². The molecule has 1 N–H and O–H groups in total. The normalized spacial score (nSPS) is 15.3. The van der Waals surface area contributed by atoms with Crippen molar-refractivity contribution in [1.82, 2.24) is 9.80 Å². The number of nitrogens with zero attached hydrogens (tertiary/aromatic N) is 3. The zero-order chi connectivity index (χ0) is 18.2. The lowest BCUT2D eigenvalue weighted by atomic mass is 10.1. The molecular weight excluding hydrogens is 324 g/mol. The number of amides is 1. The van der Waals surface area contributed by atoms with E-state index in [1.807, 2.05) is 30.3 Å². The molecule has 0 spiro atoms. The van der Waals surface area contributed by atoms with Crippen LogP contribution < -0.4 is 5.32 Å². The van der Waals surface area contributed by atoms with Gasteiger partial charge >= 0.3 is 0 Å². The highest BCUT2D eigenvalue weighted by Gasteiger charge is 2.17. The summed E-state index contributed by atoms with van der Waals surface area (Å²) in [5, 5.41) is 11.2. The number of anilines is 1. The maximum Gasteiger partial charge on any atom is 0.238 e. The lowest BCUT2D eigenvalue weighted by Gasteiger charge is -2.34. The molecule has 0 radical (unpaired) electrons. The van der Waals surface area contributed by atoms with Crippen LogP contribution in [0.15, 0.2) is 54.6 Å². The van der Waals surface area contributed by atoms with E-state index in [0.717, 1.165) is 45.0 Å². The largest absolute Gasteiger partial charge is 0.325 e. The summed E-state index contributed by atoms with van der Waals surface area (Å²) in [7, 11) is 0. The Morgan fingerprint density at radius 3 is 1.96 bits per heavy atom. The second-order valence-electron chi connectivity index (χ2n) is 6.62. The van der Waals surface area contributed by atoms with Crippen molar-refractivity contribution in [2.24, 2.45) is 0 Å². The molecule has 1 saturated heterocycles. The summed E-state index contributed by atoms with van der Waals surface area (Å²) in [6.45, 7) is 6.23. The van der Waals surface area contributed by atoms with Gasteiger partial charge in [-0.25, -0.2) is 0 Å². The first kappa shape index (κ1) is 18.1. The molecular formula is C21H24N4O. The van der Waals surface area contributed by atoms with Crippen molar-refractivity contribution in [2.45, 2.75) is 19.5 Å². The number of carbonyl (C=O) groups excluding carboxylic acids is 1. The van der Waals surface area contributed by atoms with Gasteiger partial charge in [-0.2, -0.15) is 5.26 Å². The van der Waals surface area contributed by atoms with Crippen LogP contribution in [0.4, 0.5) is 5.69 Å². The molecule has 5 nitrogen and oxygen atoms in total. The molecule has 1 aliphatic heterocycles. The standard InChI is InChI=1S/C21H24N4O/c22-11-10-21(26)23-20-8-6-19(7-9-20)17-25-14-12-24(13-15-25)16-18-4-2-1-3-5-18/h1-9H,10,12-17H2,(H,23,26). The van der Waals surface area contributed by atoms with Gasteiger partial charge in [0.05, 0.1) is 6.07 Å². The smallest absolute Gasteiger partial charge is 0.238 e. The van der Waals surface area contributed by atoms with Gasteiger partial charge in [-0.3, -0.25) is 14.6 Å². The Morgan fingerprint density at radius 1 is 0.885 bits per heavy atom. The Bertz CT molecular complexity index is 744. The number of rotatable bonds is 6. The topological polar surface area (TPSA) is 59.4 Å². The molecule has 5 heteroatoms. The summed E-state index contributed by atoms with van der Waals surface area (Å²) in [5.74, 6) is -0.269. The van der Waals surface area contributed by atoms with Gasteiger partial charge in [0.2, 0.25) is 5.91 Å². The van der Waals surface area contributed by atoms with E-state index >= 15 is 0 Å². The molecule has 2 aromatic carbocycles. The molecule has 0 aliphatic carbocycles. The first-order valence-corrected chi connectivity index (χ1v) is 8.97. The summed E-state index contributed by atoms with van der Waals surface area (Å²) in [5.41, 5.74) is 3.34. The van der Waals surface area contributed by atoms with Gasteiger partial charge in [0.1, 0.15) is 6.42 Å². The fraction of sp³-hybridized carbons (Fsp3) is 0.333. The van der Waals surface area contributed by atoms with Gasteiger partial charge in [0.15, 0.2) is 0 Å². The fourth-order valence-electron chi connectivity index (χ4n) is 3.18. The monoisotopic (exact) mass is 348 g/mol. The molecule has 134 valence electrons. The van der Waals surface area contributed by atoms with Gasteiger partial charge in [0.25, 0.3) is 0 Å². The quantitative estimate of drug-likeness (QED) is 0.872. The maximum absolute atomic E-state index is 11.4. The van der Waals surface area contributed by atoms with E-state index in [1.54, 1.807) is 0 Å². The van der Waals surface area contributed by atoms with Crippen LogP contribution in [0.25, 0.3) is 0 Å². The summed E-state index contributed by atoms with van der Waals surface area (Å²) in [6, 6.07) is 20.3. The molecule has 1 amide bonds. The van der Waals surface area contributed by atoms with Crippen molar-refractivity contribution >= 4 is 11.6 Å². The summed E-state index contributed by atoms with van der Waals surface area (Å²) < 4.78 is 0. The summed E-state index contributed by atoms with van der Waals surface area (Å²) in [6.07, 6.45) is -0.116. The number of hydrogen-bond acceptors (Lipinski definition) is 4. The predicted octanol–water partition coefficient (Wildman–Crippen LogP) is 2.86. The van der Waals surface area contributed by atoms with Crippen LogP contribution in [-0.4, -0.2) is 41.9 Å². The van der Waals surface area contributed by atoms with E-state index in [2.05, 4.69) is 45.4 Å². The Morgan fingerprint density at radius 2 is 1.42 bits per heavy atom. The molecule has 1 heterocycles. The highest BCUT2D eigenvalue weighted by Crippen LogP contribution is 2.14. The van der Waals surface area contributed by atoms with Crippen LogP contribution in [0.2, 0.25) is 0 Å². The number of benzene rings is 2. The molecule has 3 rings (SSSR count). The average Bonchev–Trinajstić information content (AvgIpc) is 2.66. The van der Waals surface area contributed by atoms with Crippen molar-refractivity contribution in [2.75, 3.05) is 31.5 Å². The molecule has 0 saturated carbocycles. The van der Waals surface area contributed by atoms with Crippen molar-refractivity contribution in [1.29, 1.82) is 5.26 Å². The third kappa shape index (κ3) is 5.41. The van der Waals surface area contributed by atoms with Crippen LogP contribution in [0.1, 0.15) is 17.5 Å². The van der Waals surface area contributed by atoms with Gasteiger partial charge in [-0.1, -0.05) is 42.5 Å². The molecule has 0 atom stereocenters. The Labute approximate surface area is 154 Å². The minimum Gasteiger partial charge on any atom is -0.325 e. The van der Waals surface area contributed by atoms with E-state index in [1.165, 1.54) is 11.1 Å². The minimum atomic E-state index is -0.269. The Kier molecular flexibility index (Phi) is 6.37. The zero-order valence-electron chi connectivity index (χ0n) is 14.9. The van der Waals surface area contributed by atoms with Gasteiger partial charge in [0, 0.05) is 45.0 Å². The van der Waals surface area contributed by atoms with Gasteiger partial charge in [-0.05, 0) is 23.3 Å². The highest BCUT2D eigenvalue weighted by molar-refractivity contribution is 5.91. The van der Waals surface area contributed by atoms with Crippen LogP contribution in [0.5, 0.6) is 0 Å². The van der Waals surface area contributed by atoms with Crippen LogP contribution in [-0.2, 0) is 17.9 Å². The third-order valence-electron chi connectivity index (χ3n) is 4.60. The molecule has 26 heavy (non-hydrogen) atoms. The molecule has 0 aromatic heterocycles. The zero-order valence-corrected chi connectivity index (χ0v) is 14.9. The number of nitrogens with one attached hydrogen (secondary N) is 1. The Hall–Kier alpha value is -2.68. The lowest BCUT2D eigenvalue weighted by Crippen LogP contribution is -2.45.